The Balaban J connectivity index is 1.64. The number of rotatable bonds is 6. The van der Waals surface area contributed by atoms with Gasteiger partial charge in [0.25, 0.3) is 0 Å². The van der Waals surface area contributed by atoms with Crippen LogP contribution in [0, 0.1) is 12.7 Å². The molecule has 0 radical (unpaired) electrons. The predicted octanol–water partition coefficient (Wildman–Crippen LogP) is 4.88. The molecule has 1 aromatic carbocycles. The van der Waals surface area contributed by atoms with Crippen LogP contribution in [0.5, 0.6) is 0 Å². The van der Waals surface area contributed by atoms with Gasteiger partial charge in [0.2, 0.25) is 0 Å². The van der Waals surface area contributed by atoms with Crippen molar-refractivity contribution in [1.29, 1.82) is 0 Å². The molecule has 0 unspecified atom stereocenters. The van der Waals surface area contributed by atoms with Crippen molar-refractivity contribution in [3.8, 4) is 0 Å². The van der Waals surface area contributed by atoms with Crippen molar-refractivity contribution in [3.05, 3.63) is 52.1 Å². The van der Waals surface area contributed by atoms with Gasteiger partial charge in [0, 0.05) is 36.2 Å². The molecule has 0 amide bonds. The summed E-state index contributed by atoms with van der Waals surface area (Å²) in [5.74, 6) is 2.20. The molecule has 2 heterocycles. The third-order valence-corrected chi connectivity index (χ3v) is 4.47. The minimum Gasteiger partial charge on any atom is -0.368 e. The van der Waals surface area contributed by atoms with Gasteiger partial charge in [-0.1, -0.05) is 26.0 Å². The van der Waals surface area contributed by atoms with Crippen molar-refractivity contribution >= 4 is 38.5 Å². The largest absolute Gasteiger partial charge is 0.368 e. The van der Waals surface area contributed by atoms with Crippen LogP contribution in [0.3, 0.4) is 0 Å². The molecule has 0 aliphatic rings. The fourth-order valence-electron chi connectivity index (χ4n) is 2.57. The van der Waals surface area contributed by atoms with Gasteiger partial charge in [-0.25, -0.2) is 19.3 Å². The van der Waals surface area contributed by atoms with Crippen molar-refractivity contribution in [2.75, 3.05) is 23.7 Å². The number of nitrogens with one attached hydrogen (secondary N) is 2. The number of para-hydroxylation sites is 1. The normalized spacial score (nSPS) is 11.2. The topological polar surface area (TPSA) is 62.7 Å². The zero-order valence-electron chi connectivity index (χ0n) is 15.0. The minimum absolute atomic E-state index is 0.279. The Morgan fingerprint density at radius 3 is 2.62 bits per heavy atom. The highest BCUT2D eigenvalue weighted by Crippen LogP contribution is 2.26. The molecule has 3 aromatic rings. The lowest BCUT2D eigenvalue weighted by Gasteiger charge is -2.12. The summed E-state index contributed by atoms with van der Waals surface area (Å²) in [6, 6.07) is 8.72. The van der Waals surface area contributed by atoms with Gasteiger partial charge in [0.1, 0.15) is 28.8 Å². The van der Waals surface area contributed by atoms with Crippen LogP contribution >= 0.6 is 15.9 Å². The van der Waals surface area contributed by atoms with Gasteiger partial charge in [-0.2, -0.15) is 0 Å². The molecule has 5 nitrogen and oxygen atoms in total. The van der Waals surface area contributed by atoms with E-state index in [1.54, 1.807) is 6.07 Å². The Kier molecular flexibility index (Phi) is 5.66. The van der Waals surface area contributed by atoms with Crippen LogP contribution in [0.15, 0.2) is 34.8 Å². The number of hydrogen-bond donors (Lipinski definition) is 2. The van der Waals surface area contributed by atoms with Crippen LogP contribution in [0.2, 0.25) is 0 Å². The second kappa shape index (κ2) is 7.95. The number of hydrogen-bond acceptors (Lipinski definition) is 5. The second-order valence-electron chi connectivity index (χ2n) is 6.39. The van der Waals surface area contributed by atoms with Crippen molar-refractivity contribution in [2.45, 2.75) is 26.7 Å². The quantitative estimate of drug-likeness (QED) is 0.559. The summed E-state index contributed by atoms with van der Waals surface area (Å²) in [4.78, 5) is 13.3. The van der Waals surface area contributed by atoms with E-state index in [0.717, 1.165) is 27.2 Å². The average molecular weight is 418 g/mol. The summed E-state index contributed by atoms with van der Waals surface area (Å²) >= 11 is 3.49. The molecule has 0 aliphatic carbocycles. The first-order chi connectivity index (χ1) is 12.4. The number of anilines is 2. The molecular formula is C19H21BrFN5. The lowest BCUT2D eigenvalue weighted by Crippen LogP contribution is -2.16. The second-order valence-corrected chi connectivity index (χ2v) is 7.25. The molecule has 2 N–H and O–H groups in total. The summed E-state index contributed by atoms with van der Waals surface area (Å²) in [5, 5.41) is 7.27. The van der Waals surface area contributed by atoms with Crippen molar-refractivity contribution < 1.29 is 4.39 Å². The SMILES string of the molecule is Cc1cc(NCCNc2nc3c(F)cccc3cc2Br)nc(C(C)C)n1. The van der Waals surface area contributed by atoms with Gasteiger partial charge in [0.15, 0.2) is 0 Å². The molecule has 2 aromatic heterocycles. The van der Waals surface area contributed by atoms with E-state index in [2.05, 4.69) is 55.4 Å². The van der Waals surface area contributed by atoms with Gasteiger partial charge in [-0.15, -0.1) is 0 Å². The Bertz CT molecular complexity index is 929. The number of aromatic nitrogens is 3. The number of benzene rings is 1. The average Bonchev–Trinajstić information content (AvgIpc) is 2.59. The highest BCUT2D eigenvalue weighted by atomic mass is 79.9. The molecule has 0 fully saturated rings. The number of nitrogens with zero attached hydrogens (tertiary/aromatic N) is 3. The van der Waals surface area contributed by atoms with Crippen LogP contribution in [-0.2, 0) is 0 Å². The summed E-state index contributed by atoms with van der Waals surface area (Å²) in [5.41, 5.74) is 1.30. The lowest BCUT2D eigenvalue weighted by molar-refractivity contribution is 0.637. The van der Waals surface area contributed by atoms with Crippen LogP contribution in [0.4, 0.5) is 16.0 Å². The van der Waals surface area contributed by atoms with Gasteiger partial charge < -0.3 is 10.6 Å². The maximum atomic E-state index is 13.9. The first-order valence-electron chi connectivity index (χ1n) is 8.52. The zero-order valence-corrected chi connectivity index (χ0v) is 16.6. The summed E-state index contributed by atoms with van der Waals surface area (Å²) < 4.78 is 14.7. The molecule has 0 aliphatic heterocycles. The fourth-order valence-corrected chi connectivity index (χ4v) is 3.05. The number of aryl methyl sites for hydroxylation is 1. The Morgan fingerprint density at radius 1 is 1.08 bits per heavy atom. The van der Waals surface area contributed by atoms with E-state index in [9.17, 15) is 4.39 Å². The van der Waals surface area contributed by atoms with Crippen molar-refractivity contribution in [1.82, 2.24) is 15.0 Å². The number of fused-ring (bicyclic) bond motifs is 1. The van der Waals surface area contributed by atoms with E-state index in [1.165, 1.54) is 6.07 Å². The predicted molar refractivity (Wildman–Crippen MR) is 107 cm³/mol. The molecule has 0 saturated carbocycles. The Labute approximate surface area is 160 Å². The van der Waals surface area contributed by atoms with Crippen LogP contribution in [0.1, 0.15) is 31.3 Å². The highest BCUT2D eigenvalue weighted by Gasteiger charge is 2.08. The number of halogens is 2. The van der Waals surface area contributed by atoms with E-state index in [4.69, 9.17) is 0 Å². The monoisotopic (exact) mass is 417 g/mol. The Hall–Kier alpha value is -2.28. The molecule has 7 heteroatoms. The van der Waals surface area contributed by atoms with Gasteiger partial charge in [-0.3, -0.25) is 0 Å². The number of pyridine rings is 1. The van der Waals surface area contributed by atoms with Crippen LogP contribution < -0.4 is 10.6 Å². The summed E-state index contributed by atoms with van der Waals surface area (Å²) in [6.45, 7) is 7.37. The maximum Gasteiger partial charge on any atom is 0.149 e. The van der Waals surface area contributed by atoms with Crippen molar-refractivity contribution in [2.24, 2.45) is 0 Å². The molecule has 0 saturated heterocycles. The third kappa shape index (κ3) is 4.27. The van der Waals surface area contributed by atoms with E-state index in [0.29, 0.717) is 24.4 Å². The maximum absolute atomic E-state index is 13.9. The molecule has 0 bridgehead atoms. The van der Waals surface area contributed by atoms with E-state index in [-0.39, 0.29) is 11.7 Å². The summed E-state index contributed by atoms with van der Waals surface area (Å²) in [6.07, 6.45) is 0. The molecule has 0 spiro atoms. The summed E-state index contributed by atoms with van der Waals surface area (Å²) in [7, 11) is 0. The van der Waals surface area contributed by atoms with Gasteiger partial charge >= 0.3 is 0 Å². The molecule has 26 heavy (non-hydrogen) atoms. The molecule has 3 rings (SSSR count). The molecular weight excluding hydrogens is 397 g/mol. The molecule has 0 atom stereocenters. The minimum atomic E-state index is -0.325. The van der Waals surface area contributed by atoms with E-state index in [1.807, 2.05) is 25.1 Å². The molecule has 136 valence electrons. The van der Waals surface area contributed by atoms with E-state index >= 15 is 0 Å². The first-order valence-corrected chi connectivity index (χ1v) is 9.31. The lowest BCUT2D eigenvalue weighted by atomic mass is 10.2. The highest BCUT2D eigenvalue weighted by molar-refractivity contribution is 9.10. The van der Waals surface area contributed by atoms with Crippen molar-refractivity contribution in [3.63, 3.8) is 0 Å². The Morgan fingerprint density at radius 2 is 1.85 bits per heavy atom. The fraction of sp³-hybridized carbons (Fsp3) is 0.316. The van der Waals surface area contributed by atoms with Gasteiger partial charge in [-0.05, 0) is 35.0 Å². The first kappa shape index (κ1) is 18.5. The van der Waals surface area contributed by atoms with Crippen LogP contribution in [-0.4, -0.2) is 28.0 Å². The standard InChI is InChI=1S/C19H21BrFN5/c1-11(2)18-24-12(3)9-16(25-18)22-7-8-23-19-14(20)10-13-5-4-6-15(21)17(13)26-19/h4-6,9-11H,7-8H2,1-3H3,(H,23,26)(H,22,24,25). The van der Waals surface area contributed by atoms with E-state index < -0.39 is 0 Å². The van der Waals surface area contributed by atoms with Gasteiger partial charge in [0.05, 0.1) is 4.47 Å². The smallest absolute Gasteiger partial charge is 0.149 e. The van der Waals surface area contributed by atoms with Crippen LogP contribution in [0.25, 0.3) is 10.9 Å². The zero-order chi connectivity index (χ0) is 18.7. The third-order valence-electron chi connectivity index (χ3n) is 3.86.